The smallest absolute Gasteiger partial charge is 0.266 e. The van der Waals surface area contributed by atoms with E-state index >= 15 is 0 Å². The van der Waals surface area contributed by atoms with E-state index in [1.54, 1.807) is 48.5 Å². The van der Waals surface area contributed by atoms with Crippen LogP contribution in [-0.2, 0) is 9.59 Å². The summed E-state index contributed by atoms with van der Waals surface area (Å²) in [5.74, 6) is -1.14. The zero-order valence-corrected chi connectivity index (χ0v) is 17.4. The summed E-state index contributed by atoms with van der Waals surface area (Å²) in [6.07, 6.45) is 1.37. The quantitative estimate of drug-likeness (QED) is 0.390. The van der Waals surface area contributed by atoms with Crippen LogP contribution in [0.5, 0.6) is 5.75 Å². The molecule has 0 fully saturated rings. The number of benzene rings is 3. The predicted octanol–water partition coefficient (Wildman–Crippen LogP) is 5.04. The van der Waals surface area contributed by atoms with Crippen molar-refractivity contribution in [1.29, 1.82) is 5.26 Å². The van der Waals surface area contributed by atoms with Crippen LogP contribution in [0.3, 0.4) is 0 Å². The first kappa shape index (κ1) is 22.5. The normalized spacial score (nSPS) is 10.7. The maximum absolute atomic E-state index is 13.0. The molecule has 32 heavy (non-hydrogen) atoms. The summed E-state index contributed by atoms with van der Waals surface area (Å²) in [6.45, 7) is -0.318. The third-order valence-electron chi connectivity index (χ3n) is 4.17. The summed E-state index contributed by atoms with van der Waals surface area (Å²) < 4.78 is 18.5. The Kier molecular flexibility index (Phi) is 7.57. The molecule has 0 bridgehead atoms. The molecule has 0 saturated carbocycles. The molecule has 0 saturated heterocycles. The fraction of sp³-hybridized carbons (Fsp3) is 0.0417. The van der Waals surface area contributed by atoms with Gasteiger partial charge in [-0.25, -0.2) is 4.39 Å². The van der Waals surface area contributed by atoms with Gasteiger partial charge in [0.2, 0.25) is 0 Å². The van der Waals surface area contributed by atoms with E-state index in [0.29, 0.717) is 27.7 Å². The van der Waals surface area contributed by atoms with Crippen LogP contribution in [0.25, 0.3) is 6.08 Å². The number of ether oxygens (including phenoxy) is 1. The molecule has 3 aromatic carbocycles. The highest BCUT2D eigenvalue weighted by molar-refractivity contribution is 6.30. The van der Waals surface area contributed by atoms with Crippen LogP contribution in [0.2, 0.25) is 5.02 Å². The number of halogens is 2. The van der Waals surface area contributed by atoms with Crippen molar-refractivity contribution in [3.05, 3.63) is 94.8 Å². The van der Waals surface area contributed by atoms with Gasteiger partial charge in [-0.2, -0.15) is 5.26 Å². The van der Waals surface area contributed by atoms with Gasteiger partial charge >= 0.3 is 0 Å². The van der Waals surface area contributed by atoms with Crippen molar-refractivity contribution in [2.45, 2.75) is 0 Å². The van der Waals surface area contributed by atoms with E-state index in [1.165, 1.54) is 30.3 Å². The van der Waals surface area contributed by atoms with E-state index in [4.69, 9.17) is 16.3 Å². The number of anilines is 2. The van der Waals surface area contributed by atoms with E-state index < -0.39 is 17.6 Å². The number of hydrogen-bond donors (Lipinski definition) is 2. The molecule has 160 valence electrons. The van der Waals surface area contributed by atoms with E-state index in [0.717, 1.165) is 0 Å². The van der Waals surface area contributed by atoms with Gasteiger partial charge in [0, 0.05) is 22.0 Å². The highest BCUT2D eigenvalue weighted by Crippen LogP contribution is 2.22. The molecule has 0 spiro atoms. The Morgan fingerprint density at radius 1 is 0.969 bits per heavy atom. The number of para-hydroxylation sites is 1. The van der Waals surface area contributed by atoms with Crippen LogP contribution in [-0.4, -0.2) is 18.4 Å². The molecule has 0 radical (unpaired) electrons. The average molecular weight is 450 g/mol. The van der Waals surface area contributed by atoms with Crippen LogP contribution in [0.15, 0.2) is 78.4 Å². The highest BCUT2D eigenvalue weighted by Gasteiger charge is 2.12. The van der Waals surface area contributed by atoms with Crippen LogP contribution in [0.4, 0.5) is 15.8 Å². The molecule has 0 aliphatic carbocycles. The zero-order valence-electron chi connectivity index (χ0n) is 16.6. The van der Waals surface area contributed by atoms with Gasteiger partial charge in [-0.1, -0.05) is 29.8 Å². The van der Waals surface area contributed by atoms with Crippen LogP contribution in [0.1, 0.15) is 5.56 Å². The van der Waals surface area contributed by atoms with Gasteiger partial charge in [0.1, 0.15) is 23.2 Å². The minimum atomic E-state index is -0.598. The third-order valence-corrected chi connectivity index (χ3v) is 4.42. The summed E-state index contributed by atoms with van der Waals surface area (Å²) in [4.78, 5) is 24.6. The van der Waals surface area contributed by atoms with E-state index in [9.17, 15) is 19.2 Å². The first-order chi connectivity index (χ1) is 15.4. The molecule has 2 amide bonds. The SMILES string of the molecule is N#CC(=Cc1ccccc1OCC(=O)Nc1ccc(F)cc1)C(=O)Nc1ccc(Cl)cc1. The van der Waals surface area contributed by atoms with Crippen molar-refractivity contribution in [2.75, 3.05) is 17.2 Å². The maximum Gasteiger partial charge on any atom is 0.266 e. The molecular weight excluding hydrogens is 433 g/mol. The molecule has 0 heterocycles. The predicted molar refractivity (Wildman–Crippen MR) is 121 cm³/mol. The molecule has 0 unspecified atom stereocenters. The van der Waals surface area contributed by atoms with E-state index in [2.05, 4.69) is 10.6 Å². The lowest BCUT2D eigenvalue weighted by Gasteiger charge is -2.10. The van der Waals surface area contributed by atoms with Gasteiger partial charge in [-0.15, -0.1) is 0 Å². The topological polar surface area (TPSA) is 91.2 Å². The third kappa shape index (κ3) is 6.42. The lowest BCUT2D eigenvalue weighted by atomic mass is 10.1. The fourth-order valence-electron chi connectivity index (χ4n) is 2.64. The molecule has 2 N–H and O–H groups in total. The van der Waals surface area contributed by atoms with Crippen LogP contribution < -0.4 is 15.4 Å². The maximum atomic E-state index is 13.0. The van der Waals surface area contributed by atoms with E-state index in [1.807, 2.05) is 6.07 Å². The number of carbonyl (C=O) groups is 2. The van der Waals surface area contributed by atoms with Gasteiger partial charge in [0.25, 0.3) is 11.8 Å². The van der Waals surface area contributed by atoms with Crippen molar-refractivity contribution in [1.82, 2.24) is 0 Å². The first-order valence-electron chi connectivity index (χ1n) is 9.40. The van der Waals surface area contributed by atoms with Gasteiger partial charge in [-0.3, -0.25) is 9.59 Å². The van der Waals surface area contributed by atoms with Crippen molar-refractivity contribution in [3.63, 3.8) is 0 Å². The summed E-state index contributed by atoms with van der Waals surface area (Å²) in [5.41, 5.74) is 1.22. The average Bonchev–Trinajstić information content (AvgIpc) is 2.79. The molecule has 0 aliphatic heterocycles. The zero-order chi connectivity index (χ0) is 22.9. The van der Waals surface area contributed by atoms with Gasteiger partial charge in [-0.05, 0) is 60.7 Å². The Hall–Kier alpha value is -4.15. The number of carbonyl (C=O) groups excluding carboxylic acids is 2. The number of nitrogens with one attached hydrogen (secondary N) is 2. The molecule has 0 aromatic heterocycles. The fourth-order valence-corrected chi connectivity index (χ4v) is 2.77. The minimum Gasteiger partial charge on any atom is -0.483 e. The number of hydrogen-bond acceptors (Lipinski definition) is 4. The number of nitrogens with zero attached hydrogens (tertiary/aromatic N) is 1. The Morgan fingerprint density at radius 2 is 1.59 bits per heavy atom. The minimum absolute atomic E-state index is 0.147. The Bertz CT molecular complexity index is 1190. The second-order valence-electron chi connectivity index (χ2n) is 6.51. The molecule has 3 rings (SSSR count). The molecular formula is C24H17ClFN3O3. The van der Waals surface area contributed by atoms with Crippen molar-refractivity contribution in [2.24, 2.45) is 0 Å². The summed E-state index contributed by atoms with van der Waals surface area (Å²) in [6, 6.07) is 20.3. The largest absolute Gasteiger partial charge is 0.483 e. The summed E-state index contributed by atoms with van der Waals surface area (Å²) in [7, 11) is 0. The lowest BCUT2D eigenvalue weighted by molar-refractivity contribution is -0.118. The van der Waals surface area contributed by atoms with Crippen molar-refractivity contribution < 1.29 is 18.7 Å². The van der Waals surface area contributed by atoms with Crippen LogP contribution >= 0.6 is 11.6 Å². The van der Waals surface area contributed by atoms with Gasteiger partial charge in [0.15, 0.2) is 6.61 Å². The van der Waals surface area contributed by atoms with Crippen molar-refractivity contribution >= 4 is 40.9 Å². The Morgan fingerprint density at radius 3 is 2.28 bits per heavy atom. The highest BCUT2D eigenvalue weighted by atomic mass is 35.5. The summed E-state index contributed by atoms with van der Waals surface area (Å²) >= 11 is 5.83. The molecule has 0 aliphatic rings. The standard InChI is InChI=1S/C24H17ClFN3O3/c25-18-5-9-21(10-6-18)29-24(31)17(14-27)13-16-3-1-2-4-22(16)32-15-23(30)28-20-11-7-19(26)8-12-20/h1-13H,15H2,(H,28,30)(H,29,31). The molecule has 3 aromatic rings. The van der Waals surface area contributed by atoms with E-state index in [-0.39, 0.29) is 12.2 Å². The van der Waals surface area contributed by atoms with Gasteiger partial charge in [0.05, 0.1) is 0 Å². The van der Waals surface area contributed by atoms with Gasteiger partial charge < -0.3 is 15.4 Å². The molecule has 0 atom stereocenters. The number of nitriles is 1. The van der Waals surface area contributed by atoms with Crippen LogP contribution in [0, 0.1) is 17.1 Å². The van der Waals surface area contributed by atoms with Crippen molar-refractivity contribution in [3.8, 4) is 11.8 Å². The Labute approximate surface area is 188 Å². The Balaban J connectivity index is 1.68. The number of amides is 2. The molecule has 6 nitrogen and oxygen atoms in total. The lowest BCUT2D eigenvalue weighted by Crippen LogP contribution is -2.20. The second-order valence-corrected chi connectivity index (χ2v) is 6.95. The molecule has 8 heteroatoms. The number of rotatable bonds is 7. The first-order valence-corrected chi connectivity index (χ1v) is 9.78. The second kappa shape index (κ2) is 10.8. The monoisotopic (exact) mass is 449 g/mol. The summed E-state index contributed by atoms with van der Waals surface area (Å²) in [5, 5.41) is 15.2.